The lowest BCUT2D eigenvalue weighted by Gasteiger charge is -2.29. The number of carboxylic acids is 1. The molecule has 1 aliphatic heterocycles. The highest BCUT2D eigenvalue weighted by Crippen LogP contribution is 2.47. The Morgan fingerprint density at radius 1 is 1.04 bits per heavy atom. The van der Waals surface area contributed by atoms with Crippen LogP contribution in [0.4, 0.5) is 5.69 Å². The van der Waals surface area contributed by atoms with E-state index < -0.39 is 5.97 Å². The van der Waals surface area contributed by atoms with Gasteiger partial charge >= 0.3 is 5.97 Å². The summed E-state index contributed by atoms with van der Waals surface area (Å²) in [4.78, 5) is 15.9. The van der Waals surface area contributed by atoms with Gasteiger partial charge in [-0.15, -0.1) is 0 Å². The minimum atomic E-state index is -0.901. The van der Waals surface area contributed by atoms with Crippen LogP contribution in [0, 0.1) is 20.8 Å². The zero-order chi connectivity index (χ0) is 16.9. The molecule has 0 spiro atoms. The molecule has 3 nitrogen and oxygen atoms in total. The third kappa shape index (κ3) is 2.11. The molecule has 0 amide bonds. The van der Waals surface area contributed by atoms with Gasteiger partial charge in [0.1, 0.15) is 0 Å². The van der Waals surface area contributed by atoms with Gasteiger partial charge in [-0.1, -0.05) is 12.1 Å². The van der Waals surface area contributed by atoms with E-state index in [9.17, 15) is 4.79 Å². The van der Waals surface area contributed by atoms with Gasteiger partial charge in [0.25, 0.3) is 0 Å². The second-order valence-corrected chi connectivity index (χ2v) is 6.54. The predicted molar refractivity (Wildman–Crippen MR) is 93.3 cm³/mol. The third-order valence-electron chi connectivity index (χ3n) is 5.36. The second-order valence-electron chi connectivity index (χ2n) is 6.54. The predicted octanol–water partition coefficient (Wildman–Crippen LogP) is 4.72. The van der Waals surface area contributed by atoms with Crippen molar-refractivity contribution < 1.29 is 9.90 Å². The molecule has 0 saturated heterocycles. The molecule has 0 radical (unpaired) electrons. The van der Waals surface area contributed by atoms with E-state index in [0.717, 1.165) is 17.0 Å². The SMILES string of the molecule is CC1=Nc2cc(C)c(C)c(C)c2C1(C)c1ccc(C(=O)O)cc1. The summed E-state index contributed by atoms with van der Waals surface area (Å²) in [6, 6.07) is 9.31. The van der Waals surface area contributed by atoms with Crippen LogP contribution in [-0.4, -0.2) is 16.8 Å². The quantitative estimate of drug-likeness (QED) is 0.872. The van der Waals surface area contributed by atoms with E-state index in [0.29, 0.717) is 5.56 Å². The first-order valence-electron chi connectivity index (χ1n) is 7.77. The van der Waals surface area contributed by atoms with Crippen LogP contribution in [-0.2, 0) is 5.41 Å². The summed E-state index contributed by atoms with van der Waals surface area (Å²) in [7, 11) is 0. The molecule has 0 saturated carbocycles. The number of carboxylic acid groups (broad SMARTS) is 1. The van der Waals surface area contributed by atoms with Crippen LogP contribution < -0.4 is 0 Å². The Morgan fingerprint density at radius 3 is 2.22 bits per heavy atom. The molecule has 1 N–H and O–H groups in total. The van der Waals surface area contributed by atoms with E-state index in [1.54, 1.807) is 12.1 Å². The maximum absolute atomic E-state index is 11.1. The lowest BCUT2D eigenvalue weighted by Crippen LogP contribution is -2.30. The van der Waals surface area contributed by atoms with Crippen molar-refractivity contribution in [1.82, 2.24) is 0 Å². The topological polar surface area (TPSA) is 49.7 Å². The van der Waals surface area contributed by atoms with Crippen LogP contribution in [0.3, 0.4) is 0 Å². The van der Waals surface area contributed by atoms with Crippen molar-refractivity contribution >= 4 is 17.4 Å². The first-order chi connectivity index (χ1) is 10.8. The van der Waals surface area contributed by atoms with Crippen molar-refractivity contribution in [1.29, 1.82) is 0 Å². The van der Waals surface area contributed by atoms with Gasteiger partial charge in [-0.25, -0.2) is 4.79 Å². The Bertz CT molecular complexity index is 847. The maximum Gasteiger partial charge on any atom is 0.335 e. The van der Waals surface area contributed by atoms with Crippen LogP contribution in [0.1, 0.15) is 52.0 Å². The molecule has 118 valence electrons. The van der Waals surface area contributed by atoms with Crippen LogP contribution in [0.15, 0.2) is 35.3 Å². The van der Waals surface area contributed by atoms with Crippen molar-refractivity contribution in [2.45, 2.75) is 40.0 Å². The van der Waals surface area contributed by atoms with E-state index in [4.69, 9.17) is 10.1 Å². The first-order valence-corrected chi connectivity index (χ1v) is 7.77. The third-order valence-corrected chi connectivity index (χ3v) is 5.36. The summed E-state index contributed by atoms with van der Waals surface area (Å²) < 4.78 is 0. The van der Waals surface area contributed by atoms with E-state index in [-0.39, 0.29) is 5.41 Å². The van der Waals surface area contributed by atoms with Crippen LogP contribution in [0.5, 0.6) is 0 Å². The van der Waals surface area contributed by atoms with Gasteiger partial charge in [0.15, 0.2) is 0 Å². The minimum absolute atomic E-state index is 0.307. The van der Waals surface area contributed by atoms with Crippen molar-refractivity contribution in [3.05, 3.63) is 63.7 Å². The molecule has 3 rings (SSSR count). The molecule has 1 heterocycles. The van der Waals surface area contributed by atoms with Gasteiger partial charge in [0, 0.05) is 5.71 Å². The number of aliphatic imine (C=N–C) groups is 1. The fourth-order valence-electron chi connectivity index (χ4n) is 3.55. The molecule has 0 fully saturated rings. The number of fused-ring (bicyclic) bond motifs is 1. The van der Waals surface area contributed by atoms with E-state index >= 15 is 0 Å². The number of hydrogen-bond acceptors (Lipinski definition) is 2. The van der Waals surface area contributed by atoms with E-state index in [2.05, 4.69) is 40.7 Å². The molecular formula is C20H21NO2. The number of aromatic carboxylic acids is 1. The van der Waals surface area contributed by atoms with Crippen molar-refractivity contribution in [3.63, 3.8) is 0 Å². The molecule has 23 heavy (non-hydrogen) atoms. The fourth-order valence-corrected chi connectivity index (χ4v) is 3.55. The highest BCUT2D eigenvalue weighted by Gasteiger charge is 2.40. The number of aryl methyl sites for hydroxylation is 1. The molecule has 1 atom stereocenters. The molecule has 1 aliphatic rings. The Labute approximate surface area is 136 Å². The molecule has 2 aromatic carbocycles. The normalized spacial score (nSPS) is 19.4. The lowest BCUT2D eigenvalue weighted by atomic mass is 9.71. The average Bonchev–Trinajstić information content (AvgIpc) is 2.77. The Morgan fingerprint density at radius 2 is 1.65 bits per heavy atom. The van der Waals surface area contributed by atoms with Crippen LogP contribution >= 0.6 is 0 Å². The average molecular weight is 307 g/mol. The molecule has 1 unspecified atom stereocenters. The van der Waals surface area contributed by atoms with Gasteiger partial charge < -0.3 is 5.11 Å². The fraction of sp³-hybridized carbons (Fsp3) is 0.300. The Balaban J connectivity index is 2.23. The first kappa shape index (κ1) is 15.5. The summed E-state index contributed by atoms with van der Waals surface area (Å²) in [5, 5.41) is 9.10. The van der Waals surface area contributed by atoms with Gasteiger partial charge in [-0.05, 0) is 80.6 Å². The molecule has 0 bridgehead atoms. The van der Waals surface area contributed by atoms with E-state index in [1.165, 1.54) is 22.3 Å². The highest BCUT2D eigenvalue weighted by molar-refractivity contribution is 6.03. The number of carbonyl (C=O) groups is 1. The second kappa shape index (κ2) is 5.05. The van der Waals surface area contributed by atoms with Crippen molar-refractivity contribution in [2.75, 3.05) is 0 Å². The Kier molecular flexibility index (Phi) is 3.40. The van der Waals surface area contributed by atoms with Crippen molar-refractivity contribution in [3.8, 4) is 0 Å². The molecule has 3 heteroatoms. The van der Waals surface area contributed by atoms with E-state index in [1.807, 2.05) is 12.1 Å². The van der Waals surface area contributed by atoms with Gasteiger partial charge in [-0.3, -0.25) is 4.99 Å². The largest absolute Gasteiger partial charge is 0.478 e. The number of hydrogen-bond donors (Lipinski definition) is 1. The molecule has 0 aromatic heterocycles. The minimum Gasteiger partial charge on any atom is -0.478 e. The standard InChI is InChI=1S/C20H21NO2/c1-11-10-17-18(13(3)12(11)2)20(5,14(4)21-17)16-8-6-15(7-9-16)19(22)23/h6-10H,1-5H3,(H,22,23). The number of benzene rings is 2. The zero-order valence-corrected chi connectivity index (χ0v) is 14.2. The summed E-state index contributed by atoms with van der Waals surface area (Å²) >= 11 is 0. The monoisotopic (exact) mass is 307 g/mol. The smallest absolute Gasteiger partial charge is 0.335 e. The van der Waals surface area contributed by atoms with Gasteiger partial charge in [-0.2, -0.15) is 0 Å². The van der Waals surface area contributed by atoms with Gasteiger partial charge in [0.05, 0.1) is 16.7 Å². The summed E-state index contributed by atoms with van der Waals surface area (Å²) in [6.45, 7) is 10.6. The molecule has 2 aromatic rings. The molecular weight excluding hydrogens is 286 g/mol. The van der Waals surface area contributed by atoms with Crippen LogP contribution in [0.25, 0.3) is 0 Å². The summed E-state index contributed by atoms with van der Waals surface area (Å²) in [5.41, 5.74) is 8.21. The molecule has 0 aliphatic carbocycles. The number of nitrogens with zero attached hydrogens (tertiary/aromatic N) is 1. The van der Waals surface area contributed by atoms with Gasteiger partial charge in [0.2, 0.25) is 0 Å². The highest BCUT2D eigenvalue weighted by atomic mass is 16.4. The zero-order valence-electron chi connectivity index (χ0n) is 14.2. The Hall–Kier alpha value is -2.42. The maximum atomic E-state index is 11.1. The summed E-state index contributed by atoms with van der Waals surface area (Å²) in [6.07, 6.45) is 0. The van der Waals surface area contributed by atoms with Crippen LogP contribution in [0.2, 0.25) is 0 Å². The summed E-state index contributed by atoms with van der Waals surface area (Å²) in [5.74, 6) is -0.901. The van der Waals surface area contributed by atoms with Crippen molar-refractivity contribution in [2.24, 2.45) is 4.99 Å². The lowest BCUT2D eigenvalue weighted by molar-refractivity contribution is 0.0697. The number of rotatable bonds is 2.